The molecular weight excluding hydrogens is 364 g/mol. The van der Waals surface area contributed by atoms with E-state index in [1.807, 2.05) is 39.0 Å². The summed E-state index contributed by atoms with van der Waals surface area (Å²) in [6, 6.07) is 5.54. The van der Waals surface area contributed by atoms with Gasteiger partial charge in [0.05, 0.1) is 12.0 Å². The summed E-state index contributed by atoms with van der Waals surface area (Å²) in [6.45, 7) is 6.96. The van der Waals surface area contributed by atoms with Gasteiger partial charge in [-0.3, -0.25) is 19.3 Å². The molecule has 0 atom stereocenters. The number of imide groups is 1. The van der Waals surface area contributed by atoms with Crippen molar-refractivity contribution in [3.8, 4) is 5.75 Å². The Labute approximate surface area is 164 Å². The van der Waals surface area contributed by atoms with E-state index in [9.17, 15) is 14.4 Å². The smallest absolute Gasteiger partial charge is 0.294 e. The molecule has 1 aliphatic heterocycles. The van der Waals surface area contributed by atoms with Crippen LogP contribution in [0.2, 0.25) is 0 Å². The average Bonchev–Trinajstić information content (AvgIpc) is 2.89. The zero-order chi connectivity index (χ0) is 20.0. The highest BCUT2D eigenvalue weighted by atomic mass is 32.2. The van der Waals surface area contributed by atoms with E-state index in [-0.39, 0.29) is 12.5 Å². The highest BCUT2D eigenvalue weighted by molar-refractivity contribution is 8.18. The van der Waals surface area contributed by atoms with Crippen LogP contribution < -0.4 is 4.74 Å². The molecule has 1 aliphatic rings. The van der Waals surface area contributed by atoms with Gasteiger partial charge in [-0.05, 0) is 60.9 Å². The second-order valence-corrected chi connectivity index (χ2v) is 7.37. The first-order valence-corrected chi connectivity index (χ1v) is 9.90. The maximum atomic E-state index is 12.6. The topological polar surface area (TPSA) is 66.9 Å². The molecule has 2 rings (SSSR count). The molecule has 0 spiro atoms. The van der Waals surface area contributed by atoms with Crippen LogP contribution in [-0.4, -0.2) is 53.6 Å². The SMILES string of the molecule is CCCN(CCC)C(=O)CN1C(=O)S/C(=C\c2ccc(OC)c(C)c2)C1=O. The molecule has 1 saturated heterocycles. The fourth-order valence-corrected chi connectivity index (χ4v) is 3.75. The molecular formula is C20H26N2O4S. The lowest BCUT2D eigenvalue weighted by Gasteiger charge is -2.23. The summed E-state index contributed by atoms with van der Waals surface area (Å²) in [5.74, 6) is 0.153. The predicted molar refractivity (Wildman–Crippen MR) is 108 cm³/mol. The molecule has 0 saturated carbocycles. The van der Waals surface area contributed by atoms with Gasteiger partial charge in [0.2, 0.25) is 5.91 Å². The van der Waals surface area contributed by atoms with Crippen LogP contribution in [0.4, 0.5) is 4.79 Å². The van der Waals surface area contributed by atoms with Crippen LogP contribution in [0.25, 0.3) is 6.08 Å². The van der Waals surface area contributed by atoms with E-state index in [1.54, 1.807) is 18.1 Å². The number of amides is 3. The maximum absolute atomic E-state index is 12.6. The first kappa shape index (κ1) is 21.0. The van der Waals surface area contributed by atoms with Gasteiger partial charge in [0, 0.05) is 13.1 Å². The Morgan fingerprint density at radius 1 is 1.22 bits per heavy atom. The maximum Gasteiger partial charge on any atom is 0.294 e. The molecule has 0 bridgehead atoms. The Morgan fingerprint density at radius 3 is 2.44 bits per heavy atom. The molecule has 1 aromatic carbocycles. The van der Waals surface area contributed by atoms with Crippen molar-refractivity contribution in [2.45, 2.75) is 33.6 Å². The number of hydrogen-bond acceptors (Lipinski definition) is 5. The second-order valence-electron chi connectivity index (χ2n) is 6.38. The lowest BCUT2D eigenvalue weighted by molar-refractivity contribution is -0.135. The van der Waals surface area contributed by atoms with E-state index in [2.05, 4.69) is 0 Å². The van der Waals surface area contributed by atoms with Crippen molar-refractivity contribution in [3.63, 3.8) is 0 Å². The standard InChI is InChI=1S/C20H26N2O4S/c1-5-9-21(10-6-2)18(23)13-22-19(24)17(27-20(22)25)12-15-7-8-16(26-4)14(3)11-15/h7-8,11-12H,5-6,9-10,13H2,1-4H3/b17-12-. The summed E-state index contributed by atoms with van der Waals surface area (Å²) in [5, 5.41) is -0.405. The number of rotatable bonds is 8. The lowest BCUT2D eigenvalue weighted by Crippen LogP contribution is -2.42. The highest BCUT2D eigenvalue weighted by Gasteiger charge is 2.37. The third-order valence-corrected chi connectivity index (χ3v) is 5.13. The largest absolute Gasteiger partial charge is 0.496 e. The van der Waals surface area contributed by atoms with Crippen molar-refractivity contribution in [2.24, 2.45) is 0 Å². The molecule has 0 unspecified atom stereocenters. The fourth-order valence-electron chi connectivity index (χ4n) is 2.92. The average molecular weight is 391 g/mol. The number of thioether (sulfide) groups is 1. The molecule has 0 aliphatic carbocycles. The van der Waals surface area contributed by atoms with Crippen LogP contribution in [0, 0.1) is 6.92 Å². The van der Waals surface area contributed by atoms with Crippen LogP contribution in [0.5, 0.6) is 5.75 Å². The van der Waals surface area contributed by atoms with E-state index < -0.39 is 11.1 Å². The fraction of sp³-hybridized carbons (Fsp3) is 0.450. The van der Waals surface area contributed by atoms with Gasteiger partial charge in [-0.2, -0.15) is 0 Å². The molecule has 27 heavy (non-hydrogen) atoms. The highest BCUT2D eigenvalue weighted by Crippen LogP contribution is 2.32. The van der Waals surface area contributed by atoms with E-state index >= 15 is 0 Å². The molecule has 1 fully saturated rings. The molecule has 6 nitrogen and oxygen atoms in total. The molecule has 146 valence electrons. The van der Waals surface area contributed by atoms with Crippen molar-refractivity contribution in [3.05, 3.63) is 34.2 Å². The number of nitrogens with zero attached hydrogens (tertiary/aromatic N) is 2. The van der Waals surface area contributed by atoms with Crippen molar-refractivity contribution in [1.82, 2.24) is 9.80 Å². The first-order valence-electron chi connectivity index (χ1n) is 9.09. The lowest BCUT2D eigenvalue weighted by atomic mass is 10.1. The van der Waals surface area contributed by atoms with Gasteiger partial charge >= 0.3 is 0 Å². The summed E-state index contributed by atoms with van der Waals surface area (Å²) in [4.78, 5) is 40.4. The van der Waals surface area contributed by atoms with Crippen LogP contribution in [0.15, 0.2) is 23.1 Å². The molecule has 1 aromatic rings. The van der Waals surface area contributed by atoms with Crippen molar-refractivity contribution >= 4 is 34.9 Å². The Hall–Kier alpha value is -2.28. The van der Waals surface area contributed by atoms with Crippen LogP contribution in [0.3, 0.4) is 0 Å². The summed E-state index contributed by atoms with van der Waals surface area (Å²) in [5.41, 5.74) is 1.75. The number of benzene rings is 1. The van der Waals surface area contributed by atoms with Gasteiger partial charge in [-0.1, -0.05) is 19.9 Å². The van der Waals surface area contributed by atoms with Gasteiger partial charge in [-0.25, -0.2) is 0 Å². The zero-order valence-corrected chi connectivity index (χ0v) is 17.1. The van der Waals surface area contributed by atoms with Gasteiger partial charge in [0.15, 0.2) is 0 Å². The summed E-state index contributed by atoms with van der Waals surface area (Å²) >= 11 is 0.869. The minimum atomic E-state index is -0.417. The molecule has 3 amide bonds. The monoisotopic (exact) mass is 390 g/mol. The van der Waals surface area contributed by atoms with E-state index in [1.165, 1.54) is 0 Å². The number of ether oxygens (including phenoxy) is 1. The Kier molecular flexibility index (Phi) is 7.47. The predicted octanol–water partition coefficient (Wildman–Crippen LogP) is 3.69. The number of aryl methyl sites for hydroxylation is 1. The zero-order valence-electron chi connectivity index (χ0n) is 16.3. The van der Waals surface area contributed by atoms with Crippen LogP contribution in [0.1, 0.15) is 37.8 Å². The minimum Gasteiger partial charge on any atom is -0.496 e. The Bertz CT molecular complexity index is 754. The summed E-state index contributed by atoms with van der Waals surface area (Å²) in [6.07, 6.45) is 3.35. The van der Waals surface area contributed by atoms with Gasteiger partial charge < -0.3 is 9.64 Å². The number of methoxy groups -OCH3 is 1. The van der Waals surface area contributed by atoms with Crippen LogP contribution in [-0.2, 0) is 9.59 Å². The number of hydrogen-bond donors (Lipinski definition) is 0. The normalized spacial score (nSPS) is 15.6. The van der Waals surface area contributed by atoms with E-state index in [4.69, 9.17) is 4.74 Å². The first-order chi connectivity index (χ1) is 12.9. The molecule has 0 aromatic heterocycles. The van der Waals surface area contributed by atoms with Gasteiger partial charge in [-0.15, -0.1) is 0 Å². The quantitative estimate of drug-likeness (QED) is 0.634. The summed E-state index contributed by atoms with van der Waals surface area (Å²) < 4.78 is 5.23. The molecule has 0 radical (unpaired) electrons. The molecule has 7 heteroatoms. The van der Waals surface area contributed by atoms with E-state index in [0.717, 1.165) is 46.4 Å². The molecule has 0 N–H and O–H groups in total. The van der Waals surface area contributed by atoms with Crippen LogP contribution >= 0.6 is 11.8 Å². The second kappa shape index (κ2) is 9.60. The van der Waals surface area contributed by atoms with Gasteiger partial charge in [0.25, 0.3) is 11.1 Å². The third kappa shape index (κ3) is 5.13. The molecule has 1 heterocycles. The van der Waals surface area contributed by atoms with Crippen molar-refractivity contribution in [1.29, 1.82) is 0 Å². The number of carbonyl (C=O) groups is 3. The Morgan fingerprint density at radius 2 is 1.89 bits per heavy atom. The summed E-state index contributed by atoms with van der Waals surface area (Å²) in [7, 11) is 1.60. The minimum absolute atomic E-state index is 0.192. The van der Waals surface area contributed by atoms with Crippen molar-refractivity contribution in [2.75, 3.05) is 26.7 Å². The van der Waals surface area contributed by atoms with E-state index in [0.29, 0.717) is 18.0 Å². The third-order valence-electron chi connectivity index (χ3n) is 4.22. The van der Waals surface area contributed by atoms with Gasteiger partial charge in [0.1, 0.15) is 12.3 Å². The number of carbonyl (C=O) groups excluding carboxylic acids is 3. The Balaban J connectivity index is 2.14. The van der Waals surface area contributed by atoms with Crippen molar-refractivity contribution < 1.29 is 19.1 Å².